The van der Waals surface area contributed by atoms with Crippen LogP contribution in [0.3, 0.4) is 0 Å². The Hall–Kier alpha value is -1.97. The Bertz CT molecular complexity index is 490. The standard InChI is InChI=1S/C13H15N3O/c1-2-7-16-10-11(9-15-16)13(17)8-12-5-3-4-6-14-12/h3-6,9-10H,2,7-8H2,1H3. The van der Waals surface area contributed by atoms with Crippen LogP contribution in [0.1, 0.15) is 29.4 Å². The van der Waals surface area contributed by atoms with Gasteiger partial charge in [0, 0.05) is 24.6 Å². The molecule has 2 aromatic heterocycles. The highest BCUT2D eigenvalue weighted by Crippen LogP contribution is 2.05. The zero-order valence-corrected chi connectivity index (χ0v) is 9.84. The summed E-state index contributed by atoms with van der Waals surface area (Å²) in [5.41, 5.74) is 1.45. The number of aryl methyl sites for hydroxylation is 1. The molecule has 0 atom stereocenters. The van der Waals surface area contributed by atoms with Crippen LogP contribution >= 0.6 is 0 Å². The lowest BCUT2D eigenvalue weighted by Crippen LogP contribution is -2.04. The predicted molar refractivity (Wildman–Crippen MR) is 64.8 cm³/mol. The summed E-state index contributed by atoms with van der Waals surface area (Å²) in [7, 11) is 0. The Balaban J connectivity index is 2.04. The molecular weight excluding hydrogens is 214 g/mol. The van der Waals surface area contributed by atoms with Gasteiger partial charge in [0.2, 0.25) is 0 Å². The number of Topliss-reactive ketones (excluding diaryl/α,β-unsaturated/α-hetero) is 1. The first kappa shape index (κ1) is 11.5. The number of aromatic nitrogens is 3. The highest BCUT2D eigenvalue weighted by Gasteiger charge is 2.09. The minimum absolute atomic E-state index is 0.0612. The maximum Gasteiger partial charge on any atom is 0.171 e. The SMILES string of the molecule is CCCn1cc(C(=O)Cc2ccccn2)cn1. The van der Waals surface area contributed by atoms with Crippen molar-refractivity contribution in [2.45, 2.75) is 26.3 Å². The third-order valence-electron chi connectivity index (χ3n) is 2.48. The first-order chi connectivity index (χ1) is 8.29. The number of pyridine rings is 1. The minimum atomic E-state index is 0.0612. The van der Waals surface area contributed by atoms with E-state index >= 15 is 0 Å². The summed E-state index contributed by atoms with van der Waals surface area (Å²) in [6.45, 7) is 2.92. The van der Waals surface area contributed by atoms with Crippen LogP contribution in [0.25, 0.3) is 0 Å². The van der Waals surface area contributed by atoms with Gasteiger partial charge in [-0.3, -0.25) is 14.5 Å². The molecule has 0 unspecified atom stereocenters. The maximum absolute atomic E-state index is 11.9. The van der Waals surface area contributed by atoms with E-state index in [0.29, 0.717) is 12.0 Å². The number of carbonyl (C=O) groups excluding carboxylic acids is 1. The molecule has 0 saturated heterocycles. The summed E-state index contributed by atoms with van der Waals surface area (Å²) in [6, 6.07) is 5.58. The summed E-state index contributed by atoms with van der Waals surface area (Å²) in [5.74, 6) is 0.0612. The van der Waals surface area contributed by atoms with Crippen molar-refractivity contribution in [3.63, 3.8) is 0 Å². The highest BCUT2D eigenvalue weighted by atomic mass is 16.1. The van der Waals surface area contributed by atoms with Gasteiger partial charge in [0.15, 0.2) is 5.78 Å². The van der Waals surface area contributed by atoms with Gasteiger partial charge in [-0.1, -0.05) is 13.0 Å². The van der Waals surface area contributed by atoms with E-state index in [1.165, 1.54) is 0 Å². The van der Waals surface area contributed by atoms with Gasteiger partial charge >= 0.3 is 0 Å². The molecule has 0 spiro atoms. The Morgan fingerprint density at radius 3 is 3.00 bits per heavy atom. The Labute approximate surface area is 100 Å². The predicted octanol–water partition coefficient (Wildman–Crippen LogP) is 2.11. The van der Waals surface area contributed by atoms with Crippen LogP contribution in [0.15, 0.2) is 36.8 Å². The van der Waals surface area contributed by atoms with Gasteiger partial charge in [-0.15, -0.1) is 0 Å². The van der Waals surface area contributed by atoms with Crippen LogP contribution in [0.5, 0.6) is 0 Å². The van der Waals surface area contributed by atoms with Crippen LogP contribution in [0.4, 0.5) is 0 Å². The van der Waals surface area contributed by atoms with E-state index in [1.54, 1.807) is 23.3 Å². The van der Waals surface area contributed by atoms with Crippen molar-refractivity contribution in [2.75, 3.05) is 0 Å². The maximum atomic E-state index is 11.9. The quantitative estimate of drug-likeness (QED) is 0.738. The molecule has 0 aliphatic heterocycles. The topological polar surface area (TPSA) is 47.8 Å². The molecule has 0 radical (unpaired) electrons. The second-order valence-electron chi connectivity index (χ2n) is 3.91. The third-order valence-corrected chi connectivity index (χ3v) is 2.48. The van der Waals surface area contributed by atoms with E-state index in [2.05, 4.69) is 17.0 Å². The lowest BCUT2D eigenvalue weighted by atomic mass is 10.1. The molecule has 4 heteroatoms. The van der Waals surface area contributed by atoms with Crippen molar-refractivity contribution >= 4 is 5.78 Å². The molecule has 0 N–H and O–H groups in total. The monoisotopic (exact) mass is 229 g/mol. The third kappa shape index (κ3) is 3.00. The molecule has 0 saturated carbocycles. The number of rotatable bonds is 5. The van der Waals surface area contributed by atoms with Crippen molar-refractivity contribution in [3.8, 4) is 0 Å². The van der Waals surface area contributed by atoms with Gasteiger partial charge in [0.05, 0.1) is 18.2 Å². The molecule has 2 aromatic rings. The summed E-state index contributed by atoms with van der Waals surface area (Å²) >= 11 is 0. The molecule has 17 heavy (non-hydrogen) atoms. The zero-order valence-electron chi connectivity index (χ0n) is 9.84. The molecule has 0 fully saturated rings. The van der Waals surface area contributed by atoms with Gasteiger partial charge in [-0.05, 0) is 18.6 Å². The van der Waals surface area contributed by atoms with Crippen LogP contribution < -0.4 is 0 Å². The molecule has 2 heterocycles. The minimum Gasteiger partial charge on any atom is -0.294 e. The smallest absolute Gasteiger partial charge is 0.171 e. The van der Waals surface area contributed by atoms with Gasteiger partial charge < -0.3 is 0 Å². The fourth-order valence-corrected chi connectivity index (χ4v) is 1.63. The van der Waals surface area contributed by atoms with E-state index in [4.69, 9.17) is 0 Å². The molecule has 2 rings (SSSR count). The molecule has 0 bridgehead atoms. The van der Waals surface area contributed by atoms with E-state index in [0.717, 1.165) is 18.7 Å². The van der Waals surface area contributed by atoms with Crippen molar-refractivity contribution in [1.82, 2.24) is 14.8 Å². The molecule has 4 nitrogen and oxygen atoms in total. The summed E-state index contributed by atoms with van der Waals surface area (Å²) in [6.07, 6.45) is 6.47. The normalized spacial score (nSPS) is 10.4. The molecule has 0 aromatic carbocycles. The van der Waals surface area contributed by atoms with Crippen LogP contribution in [-0.4, -0.2) is 20.5 Å². The lowest BCUT2D eigenvalue weighted by Gasteiger charge is -1.97. The van der Waals surface area contributed by atoms with Gasteiger partial charge in [-0.25, -0.2) is 0 Å². The van der Waals surface area contributed by atoms with Crippen LogP contribution in [0.2, 0.25) is 0 Å². The van der Waals surface area contributed by atoms with Gasteiger partial charge in [0.1, 0.15) is 0 Å². The van der Waals surface area contributed by atoms with Crippen LogP contribution in [-0.2, 0) is 13.0 Å². The van der Waals surface area contributed by atoms with Crippen molar-refractivity contribution in [2.24, 2.45) is 0 Å². The highest BCUT2D eigenvalue weighted by molar-refractivity contribution is 5.96. The van der Waals surface area contributed by atoms with Gasteiger partial charge in [-0.2, -0.15) is 5.10 Å². The zero-order chi connectivity index (χ0) is 12.1. The van der Waals surface area contributed by atoms with E-state index in [9.17, 15) is 4.79 Å². The van der Waals surface area contributed by atoms with E-state index in [1.807, 2.05) is 18.2 Å². The van der Waals surface area contributed by atoms with E-state index in [-0.39, 0.29) is 5.78 Å². The summed E-state index contributed by atoms with van der Waals surface area (Å²) < 4.78 is 1.80. The lowest BCUT2D eigenvalue weighted by molar-refractivity contribution is 0.0992. The molecule has 88 valence electrons. The van der Waals surface area contributed by atoms with Crippen molar-refractivity contribution in [1.29, 1.82) is 0 Å². The number of carbonyl (C=O) groups is 1. The number of nitrogens with zero attached hydrogens (tertiary/aromatic N) is 3. The largest absolute Gasteiger partial charge is 0.294 e. The van der Waals surface area contributed by atoms with Crippen molar-refractivity contribution < 1.29 is 4.79 Å². The average Bonchev–Trinajstić information content (AvgIpc) is 2.79. The van der Waals surface area contributed by atoms with Crippen LogP contribution in [0, 0.1) is 0 Å². The number of hydrogen-bond donors (Lipinski definition) is 0. The number of ketones is 1. The number of hydrogen-bond acceptors (Lipinski definition) is 3. The van der Waals surface area contributed by atoms with E-state index < -0.39 is 0 Å². The Kier molecular flexibility index (Phi) is 3.65. The second-order valence-corrected chi connectivity index (χ2v) is 3.91. The summed E-state index contributed by atoms with van der Waals surface area (Å²) in [5, 5.41) is 4.14. The Morgan fingerprint density at radius 1 is 1.41 bits per heavy atom. The fraction of sp³-hybridized carbons (Fsp3) is 0.308. The first-order valence-corrected chi connectivity index (χ1v) is 5.75. The second kappa shape index (κ2) is 5.39. The Morgan fingerprint density at radius 2 is 2.29 bits per heavy atom. The molecule has 0 amide bonds. The fourth-order valence-electron chi connectivity index (χ4n) is 1.63. The molecule has 0 aliphatic rings. The average molecular weight is 229 g/mol. The molecule has 0 aliphatic carbocycles. The first-order valence-electron chi connectivity index (χ1n) is 5.75. The molecular formula is C13H15N3O. The van der Waals surface area contributed by atoms with Crippen molar-refractivity contribution in [3.05, 3.63) is 48.0 Å². The summed E-state index contributed by atoms with van der Waals surface area (Å²) in [4.78, 5) is 16.1. The van der Waals surface area contributed by atoms with Gasteiger partial charge in [0.25, 0.3) is 0 Å².